The van der Waals surface area contributed by atoms with E-state index in [0.717, 1.165) is 5.57 Å². The minimum Gasteiger partial charge on any atom is -0.343 e. The second-order valence-electron chi connectivity index (χ2n) is 5.33. The molecule has 1 atom stereocenters. The highest BCUT2D eigenvalue weighted by atomic mass is 31.0. The Bertz CT molecular complexity index is 622. The number of allylic oxidation sites excluding steroid dienone is 2. The van der Waals surface area contributed by atoms with Gasteiger partial charge in [-0.25, -0.2) is 4.98 Å². The molecular formula is C16H22F2N3OP. The first-order valence-electron chi connectivity index (χ1n) is 7.15. The summed E-state index contributed by atoms with van der Waals surface area (Å²) in [5.41, 5.74) is -1.29. The van der Waals surface area contributed by atoms with E-state index < -0.39 is 5.66 Å². The predicted molar refractivity (Wildman–Crippen MR) is 93.2 cm³/mol. The molecule has 4 nitrogen and oxygen atoms in total. The van der Waals surface area contributed by atoms with E-state index in [9.17, 15) is 13.6 Å². The molecule has 0 spiro atoms. The Morgan fingerprint density at radius 2 is 2.00 bits per heavy atom. The summed E-state index contributed by atoms with van der Waals surface area (Å²) in [6.45, 7) is 1.84. The van der Waals surface area contributed by atoms with E-state index in [-0.39, 0.29) is 18.0 Å². The Labute approximate surface area is 137 Å². The van der Waals surface area contributed by atoms with E-state index in [1.807, 2.05) is 13.0 Å². The van der Waals surface area contributed by atoms with Crippen LogP contribution < -0.4 is 0 Å². The van der Waals surface area contributed by atoms with Gasteiger partial charge in [-0.2, -0.15) is 8.78 Å². The lowest BCUT2D eigenvalue weighted by molar-refractivity contribution is 0.0822. The summed E-state index contributed by atoms with van der Waals surface area (Å²) in [7, 11) is 6.19. The second kappa shape index (κ2) is 8.25. The van der Waals surface area contributed by atoms with Crippen LogP contribution in [0.3, 0.4) is 0 Å². The number of halogens is 2. The molecule has 0 aromatic carbocycles. The van der Waals surface area contributed by atoms with Crippen molar-refractivity contribution in [3.05, 3.63) is 35.7 Å². The molecule has 23 heavy (non-hydrogen) atoms. The van der Waals surface area contributed by atoms with E-state index in [2.05, 4.69) is 9.98 Å². The van der Waals surface area contributed by atoms with Crippen molar-refractivity contribution < 1.29 is 13.6 Å². The Hall–Kier alpha value is -1.68. The molecule has 1 heterocycles. The molecule has 0 saturated heterocycles. The van der Waals surface area contributed by atoms with Crippen LogP contribution in [0.5, 0.6) is 0 Å². The predicted octanol–water partition coefficient (Wildman–Crippen LogP) is 3.51. The summed E-state index contributed by atoms with van der Waals surface area (Å²) in [5.74, 6) is -0.178. The molecule has 1 aromatic heterocycles. The van der Waals surface area contributed by atoms with Crippen molar-refractivity contribution in [2.24, 2.45) is 4.99 Å². The number of nitrogens with zero attached hydrogens (tertiary/aromatic N) is 3. The summed E-state index contributed by atoms with van der Waals surface area (Å²) in [5, 5.41) is 0. The lowest BCUT2D eigenvalue weighted by atomic mass is 10.1. The van der Waals surface area contributed by atoms with Crippen molar-refractivity contribution in [2.45, 2.75) is 25.4 Å². The van der Waals surface area contributed by atoms with Crippen LogP contribution in [-0.4, -0.2) is 48.3 Å². The molecular weight excluding hydrogens is 319 g/mol. The first-order chi connectivity index (χ1) is 10.7. The van der Waals surface area contributed by atoms with E-state index in [1.54, 1.807) is 32.3 Å². The van der Waals surface area contributed by atoms with Gasteiger partial charge in [0.15, 0.2) is 0 Å². The third-order valence-corrected chi connectivity index (χ3v) is 3.60. The molecule has 0 bridgehead atoms. The molecule has 1 rings (SSSR count). The molecule has 0 aliphatic rings. The number of rotatable bonds is 6. The normalized spacial score (nSPS) is 13.2. The molecule has 0 fully saturated rings. The van der Waals surface area contributed by atoms with E-state index in [4.69, 9.17) is 0 Å². The minimum absolute atomic E-state index is 0.156. The van der Waals surface area contributed by atoms with Gasteiger partial charge in [0.1, 0.15) is 5.69 Å². The molecule has 0 saturated carbocycles. The van der Waals surface area contributed by atoms with Crippen LogP contribution in [0.4, 0.5) is 8.78 Å². The second-order valence-corrected chi connectivity index (χ2v) is 6.05. The summed E-state index contributed by atoms with van der Waals surface area (Å²) in [6, 6.07) is 5.19. The van der Waals surface area contributed by atoms with Crippen molar-refractivity contribution in [1.82, 2.24) is 9.88 Å². The molecule has 0 N–H and O–H groups in total. The maximum atomic E-state index is 13.2. The Morgan fingerprint density at radius 3 is 2.52 bits per heavy atom. The molecule has 0 aliphatic carbocycles. The summed E-state index contributed by atoms with van der Waals surface area (Å²) in [4.78, 5) is 21.3. The van der Waals surface area contributed by atoms with Gasteiger partial charge in [0, 0.05) is 21.1 Å². The zero-order chi connectivity index (χ0) is 17.6. The highest BCUT2D eigenvalue weighted by molar-refractivity contribution is 7.20. The zero-order valence-corrected chi connectivity index (χ0v) is 15.0. The smallest absolute Gasteiger partial charge is 0.296 e. The van der Waals surface area contributed by atoms with Gasteiger partial charge >= 0.3 is 0 Å². The fourth-order valence-corrected chi connectivity index (χ4v) is 2.23. The molecule has 7 heteroatoms. The lowest BCUT2D eigenvalue weighted by Gasteiger charge is -2.12. The topological polar surface area (TPSA) is 45.6 Å². The first-order valence-corrected chi connectivity index (χ1v) is 7.73. The molecule has 126 valence electrons. The van der Waals surface area contributed by atoms with Crippen molar-refractivity contribution in [1.29, 1.82) is 0 Å². The number of aliphatic imine (C=N–C) groups is 1. The van der Waals surface area contributed by atoms with E-state index in [1.165, 1.54) is 21.2 Å². The van der Waals surface area contributed by atoms with Crippen molar-refractivity contribution in [2.75, 3.05) is 21.1 Å². The van der Waals surface area contributed by atoms with Gasteiger partial charge in [-0.1, -0.05) is 21.4 Å². The number of carbonyl (C=O) groups excluding carboxylic acids is 1. The maximum absolute atomic E-state index is 13.2. The molecule has 1 unspecified atom stereocenters. The average Bonchev–Trinajstić information content (AvgIpc) is 2.49. The standard InChI is InChI=1S/C16H22F2N3OP/c1-11(7-5-10-14(19-2)16(17,18)23)12-8-6-9-13(20-12)15(22)21(3)4/h6-9H,5,10,23H2,1-4H3/b11-7+,19-14?. The zero-order valence-electron chi connectivity index (χ0n) is 13.8. The SMILES string of the molecule is CN=C(CC/C=C(\C)c1cccc(C(=O)N(C)C)n1)C(F)(F)P. The highest BCUT2D eigenvalue weighted by Crippen LogP contribution is 2.26. The van der Waals surface area contributed by atoms with Gasteiger partial charge in [0.2, 0.25) is 0 Å². The lowest BCUT2D eigenvalue weighted by Crippen LogP contribution is -2.22. The Morgan fingerprint density at radius 1 is 1.39 bits per heavy atom. The monoisotopic (exact) mass is 341 g/mol. The van der Waals surface area contributed by atoms with Gasteiger partial charge in [-0.15, -0.1) is 0 Å². The van der Waals surface area contributed by atoms with Crippen LogP contribution in [0.1, 0.15) is 35.9 Å². The summed E-state index contributed by atoms with van der Waals surface area (Å²) in [6.07, 6.45) is 2.42. The Kier molecular flexibility index (Phi) is 6.95. The first kappa shape index (κ1) is 19.4. The summed E-state index contributed by atoms with van der Waals surface area (Å²) < 4.78 is 26.4. The number of hydrogen-bond donors (Lipinski definition) is 0. The van der Waals surface area contributed by atoms with Gasteiger partial charge in [-0.3, -0.25) is 9.79 Å². The number of amides is 1. The van der Waals surface area contributed by atoms with Crippen molar-refractivity contribution in [3.63, 3.8) is 0 Å². The number of pyridine rings is 1. The van der Waals surface area contributed by atoms with Crippen LogP contribution in [0.25, 0.3) is 5.57 Å². The van der Waals surface area contributed by atoms with Gasteiger partial charge < -0.3 is 4.90 Å². The quantitative estimate of drug-likeness (QED) is 0.587. The van der Waals surface area contributed by atoms with Crippen molar-refractivity contribution >= 4 is 26.4 Å². The van der Waals surface area contributed by atoms with Crippen molar-refractivity contribution in [3.8, 4) is 0 Å². The molecule has 1 aromatic rings. The van der Waals surface area contributed by atoms with Gasteiger partial charge in [-0.05, 0) is 37.5 Å². The fourth-order valence-electron chi connectivity index (χ4n) is 1.96. The number of carbonyl (C=O) groups is 1. The maximum Gasteiger partial charge on any atom is 0.296 e. The minimum atomic E-state index is -2.98. The average molecular weight is 341 g/mol. The molecule has 0 aliphatic heterocycles. The third-order valence-electron chi connectivity index (χ3n) is 3.26. The van der Waals surface area contributed by atoms with Gasteiger partial charge in [0.25, 0.3) is 11.6 Å². The molecule has 1 amide bonds. The van der Waals surface area contributed by atoms with Crippen LogP contribution in [0, 0.1) is 0 Å². The van der Waals surface area contributed by atoms with E-state index in [0.29, 0.717) is 17.8 Å². The number of alkyl halides is 2. The number of aromatic nitrogens is 1. The number of hydrogen-bond acceptors (Lipinski definition) is 3. The fraction of sp³-hybridized carbons (Fsp3) is 0.438. The Balaban J connectivity index is 2.83. The summed E-state index contributed by atoms with van der Waals surface area (Å²) >= 11 is 0. The third kappa shape index (κ3) is 5.79. The van der Waals surface area contributed by atoms with E-state index >= 15 is 0 Å². The van der Waals surface area contributed by atoms with Gasteiger partial charge in [0.05, 0.1) is 11.4 Å². The highest BCUT2D eigenvalue weighted by Gasteiger charge is 2.28. The molecule has 0 radical (unpaired) electrons. The van der Waals surface area contributed by atoms with Crippen LogP contribution >= 0.6 is 9.24 Å². The van der Waals surface area contributed by atoms with Crippen LogP contribution in [-0.2, 0) is 0 Å². The van der Waals surface area contributed by atoms with Crippen LogP contribution in [0.15, 0.2) is 29.3 Å². The largest absolute Gasteiger partial charge is 0.343 e. The van der Waals surface area contributed by atoms with Crippen LogP contribution in [0.2, 0.25) is 0 Å².